The van der Waals surface area contributed by atoms with E-state index in [1.165, 1.54) is 0 Å². The summed E-state index contributed by atoms with van der Waals surface area (Å²) in [4.78, 5) is 10.8. The lowest BCUT2D eigenvalue weighted by atomic mass is 10.2. The van der Waals surface area contributed by atoms with E-state index < -0.39 is 48.6 Å². The van der Waals surface area contributed by atoms with Crippen molar-refractivity contribution in [2.45, 2.75) is 37.3 Å². The van der Waals surface area contributed by atoms with Crippen LogP contribution in [-0.4, -0.2) is 50.1 Å². The summed E-state index contributed by atoms with van der Waals surface area (Å²) in [5.41, 5.74) is -0.418. The number of alkyl halides is 9. The minimum absolute atomic E-state index is 0.0808. The van der Waals surface area contributed by atoms with E-state index in [0.29, 0.717) is 0 Å². The van der Waals surface area contributed by atoms with Crippen molar-refractivity contribution < 1.29 is 58.5 Å². The maximum atomic E-state index is 13.1. The Morgan fingerprint density at radius 2 is 1.50 bits per heavy atom. The van der Waals surface area contributed by atoms with Gasteiger partial charge in [0, 0.05) is 12.7 Å². The molecule has 0 aromatic rings. The van der Waals surface area contributed by atoms with Gasteiger partial charge in [0.05, 0.1) is 0 Å². The first-order chi connectivity index (χ1) is 10.5. The zero-order valence-electron chi connectivity index (χ0n) is 12.0. The molecule has 1 atom stereocenters. The molecule has 0 bridgehead atoms. The van der Waals surface area contributed by atoms with E-state index in [0.717, 1.165) is 6.92 Å². The van der Waals surface area contributed by atoms with E-state index >= 15 is 0 Å². The molecule has 0 radical (unpaired) electrons. The normalized spacial score (nSPS) is 15.1. The second-order valence-corrected chi connectivity index (χ2v) is 4.36. The Morgan fingerprint density at radius 1 is 1.04 bits per heavy atom. The fourth-order valence-corrected chi connectivity index (χ4v) is 0.938. The number of carbonyl (C=O) groups is 1. The predicted octanol–water partition coefficient (Wildman–Crippen LogP) is 3.52. The van der Waals surface area contributed by atoms with Gasteiger partial charge in [0.15, 0.2) is 6.61 Å². The molecule has 1 unspecified atom stereocenters. The van der Waals surface area contributed by atoms with E-state index in [9.17, 15) is 44.3 Å². The first-order valence-electron chi connectivity index (χ1n) is 5.72. The molecule has 0 spiro atoms. The molecule has 142 valence electrons. The molecule has 13 heteroatoms. The summed E-state index contributed by atoms with van der Waals surface area (Å²) >= 11 is 0. The van der Waals surface area contributed by atoms with Crippen LogP contribution in [0, 0.1) is 0 Å². The van der Waals surface area contributed by atoms with Crippen LogP contribution in [0.1, 0.15) is 6.92 Å². The Bertz CT molecular complexity index is 478. The number of carbonyl (C=O) groups excluding carboxylic acids is 1. The fourth-order valence-electron chi connectivity index (χ4n) is 0.938. The molecule has 0 aromatic carbocycles. The van der Waals surface area contributed by atoms with Crippen LogP contribution in [0.5, 0.6) is 0 Å². The molecule has 0 saturated heterocycles. The number of methoxy groups -OCH3 is 1. The molecule has 0 aromatic heterocycles. The zero-order chi connectivity index (χ0) is 19.6. The maximum absolute atomic E-state index is 13.1. The predicted molar refractivity (Wildman–Crippen MR) is 58.6 cm³/mol. The highest BCUT2D eigenvalue weighted by atomic mass is 19.4. The minimum atomic E-state index is -6.48. The van der Waals surface area contributed by atoms with Crippen molar-refractivity contribution in [2.24, 2.45) is 0 Å². The number of rotatable bonds is 9. The number of halogens is 9. The molecule has 0 aliphatic carbocycles. The molecule has 4 nitrogen and oxygen atoms in total. The van der Waals surface area contributed by atoms with Gasteiger partial charge < -0.3 is 9.47 Å². The van der Waals surface area contributed by atoms with Crippen molar-refractivity contribution in [3.05, 3.63) is 12.2 Å². The van der Waals surface area contributed by atoms with Crippen LogP contribution in [0.15, 0.2) is 12.2 Å². The average Bonchev–Trinajstić information content (AvgIpc) is 2.43. The van der Waals surface area contributed by atoms with Gasteiger partial charge in [0.25, 0.3) is 6.36 Å². The summed E-state index contributed by atoms with van der Waals surface area (Å²) < 4.78 is 125. The largest absolute Gasteiger partial charge is 0.456 e. The molecular formula is C11H11F9O4. The van der Waals surface area contributed by atoms with Gasteiger partial charge in [-0.2, -0.15) is 35.1 Å². The van der Waals surface area contributed by atoms with Crippen LogP contribution in [-0.2, 0) is 19.0 Å². The van der Waals surface area contributed by atoms with E-state index in [2.05, 4.69) is 20.8 Å². The molecule has 0 aliphatic rings. The third-order valence-electron chi connectivity index (χ3n) is 2.32. The summed E-state index contributed by atoms with van der Waals surface area (Å²) in [5, 5.41) is 0. The number of ether oxygens (including phenoxy) is 3. The monoisotopic (exact) mass is 378 g/mol. The smallest absolute Gasteiger partial charge is 0.431 e. The molecule has 0 saturated carbocycles. The molecule has 0 N–H and O–H groups in total. The van der Waals surface area contributed by atoms with Gasteiger partial charge in [-0.15, -0.1) is 0 Å². The van der Waals surface area contributed by atoms with Gasteiger partial charge in [-0.05, 0) is 6.92 Å². The number of hydrogen-bond acceptors (Lipinski definition) is 4. The van der Waals surface area contributed by atoms with Crippen molar-refractivity contribution >= 4 is 5.97 Å². The van der Waals surface area contributed by atoms with Crippen LogP contribution >= 0.6 is 0 Å². The Labute approximate surface area is 129 Å². The summed E-state index contributed by atoms with van der Waals surface area (Å²) in [6.07, 6.45) is -16.7. The highest BCUT2D eigenvalue weighted by Crippen LogP contribution is 2.48. The first-order valence-corrected chi connectivity index (χ1v) is 5.72. The van der Waals surface area contributed by atoms with Gasteiger partial charge in [-0.25, -0.2) is 9.18 Å². The molecule has 0 aliphatic heterocycles. The minimum Gasteiger partial charge on any atom is -0.456 e. The van der Waals surface area contributed by atoms with Crippen LogP contribution < -0.4 is 0 Å². The third kappa shape index (κ3) is 4.75. The molecule has 0 heterocycles. The summed E-state index contributed by atoms with van der Waals surface area (Å²) in [7, 11) is -0.0808. The lowest BCUT2D eigenvalue weighted by Gasteiger charge is -2.32. The van der Waals surface area contributed by atoms with E-state index in [1.807, 2.05) is 0 Å². The SMILES string of the molecule is C=C(C)C(=O)OCC(F)(F)C(F)OC(F)(F)C(F)(F)C(F)(F)OC. The fraction of sp³-hybridized carbons (Fsp3) is 0.727. The Balaban J connectivity index is 5.15. The number of esters is 1. The summed E-state index contributed by atoms with van der Waals surface area (Å²) in [5.74, 6) is -13.0. The quantitative estimate of drug-likeness (QED) is 0.350. The lowest BCUT2D eigenvalue weighted by Crippen LogP contribution is -2.58. The Morgan fingerprint density at radius 3 is 1.88 bits per heavy atom. The maximum Gasteiger partial charge on any atom is 0.431 e. The van der Waals surface area contributed by atoms with Crippen molar-refractivity contribution in [3.8, 4) is 0 Å². The van der Waals surface area contributed by atoms with Crippen LogP contribution in [0.4, 0.5) is 39.5 Å². The summed E-state index contributed by atoms with van der Waals surface area (Å²) in [6, 6.07) is 0. The highest BCUT2D eigenvalue weighted by Gasteiger charge is 2.75. The van der Waals surface area contributed by atoms with Crippen LogP contribution in [0.3, 0.4) is 0 Å². The molecule has 0 rings (SSSR count). The Hall–Kier alpha value is -1.50. The van der Waals surface area contributed by atoms with Crippen LogP contribution in [0.25, 0.3) is 0 Å². The second-order valence-electron chi connectivity index (χ2n) is 4.36. The van der Waals surface area contributed by atoms with E-state index in [4.69, 9.17) is 0 Å². The lowest BCUT2D eigenvalue weighted by molar-refractivity contribution is -0.467. The van der Waals surface area contributed by atoms with E-state index in [-0.39, 0.29) is 7.11 Å². The standard InChI is InChI=1S/C11H11F9O4/c1-5(2)6(21)23-4-8(13,14)7(12)24-11(19,20)9(15,16)10(17,18)22-3/h7H,1,4H2,2-3H3. The molecule has 0 amide bonds. The van der Waals surface area contributed by atoms with E-state index in [1.54, 1.807) is 0 Å². The van der Waals surface area contributed by atoms with Gasteiger partial charge in [-0.1, -0.05) is 6.58 Å². The van der Waals surface area contributed by atoms with Gasteiger partial charge in [-0.3, -0.25) is 4.74 Å². The van der Waals surface area contributed by atoms with Crippen LogP contribution in [0.2, 0.25) is 0 Å². The van der Waals surface area contributed by atoms with Crippen molar-refractivity contribution in [3.63, 3.8) is 0 Å². The second kappa shape index (κ2) is 7.17. The van der Waals surface area contributed by atoms with Gasteiger partial charge in [0.1, 0.15) is 0 Å². The van der Waals surface area contributed by atoms with Crippen molar-refractivity contribution in [2.75, 3.05) is 13.7 Å². The first kappa shape index (κ1) is 22.5. The Kier molecular flexibility index (Phi) is 6.72. The third-order valence-corrected chi connectivity index (χ3v) is 2.32. The van der Waals surface area contributed by atoms with Crippen molar-refractivity contribution in [1.29, 1.82) is 0 Å². The molecular weight excluding hydrogens is 367 g/mol. The number of hydrogen-bond donors (Lipinski definition) is 0. The average molecular weight is 378 g/mol. The topological polar surface area (TPSA) is 44.8 Å². The highest BCUT2D eigenvalue weighted by molar-refractivity contribution is 5.86. The molecule has 24 heavy (non-hydrogen) atoms. The van der Waals surface area contributed by atoms with Crippen molar-refractivity contribution in [1.82, 2.24) is 0 Å². The molecule has 0 fully saturated rings. The van der Waals surface area contributed by atoms with Gasteiger partial charge >= 0.3 is 30.0 Å². The summed E-state index contributed by atoms with van der Waals surface area (Å²) in [6.45, 7) is 1.78. The van der Waals surface area contributed by atoms with Gasteiger partial charge in [0.2, 0.25) is 0 Å². The zero-order valence-corrected chi connectivity index (χ0v) is 12.0.